The fraction of sp³-hybridized carbons (Fsp3) is 0.400. The van der Waals surface area contributed by atoms with E-state index in [0.29, 0.717) is 18.7 Å². The second-order valence-electron chi connectivity index (χ2n) is 4.19. The molecule has 1 N–H and O–H groups in total. The first-order chi connectivity index (χ1) is 9.62. The first-order valence-electron chi connectivity index (χ1n) is 6.29. The highest BCUT2D eigenvalue weighted by molar-refractivity contribution is 5.87. The van der Waals surface area contributed by atoms with Crippen LogP contribution in [0.2, 0.25) is 0 Å². The van der Waals surface area contributed by atoms with E-state index in [4.69, 9.17) is 9.47 Å². The van der Waals surface area contributed by atoms with E-state index in [1.807, 2.05) is 18.2 Å². The van der Waals surface area contributed by atoms with Gasteiger partial charge in [-0.3, -0.25) is 0 Å². The van der Waals surface area contributed by atoms with E-state index in [9.17, 15) is 4.79 Å². The molecule has 5 nitrogen and oxygen atoms in total. The minimum absolute atomic E-state index is 0.311. The topological polar surface area (TPSA) is 56.8 Å². The summed E-state index contributed by atoms with van der Waals surface area (Å²) in [6.07, 6.45) is 1.79. The molecule has 0 amide bonds. The van der Waals surface area contributed by atoms with Crippen molar-refractivity contribution in [1.82, 2.24) is 5.32 Å². The highest BCUT2D eigenvalue weighted by Crippen LogP contribution is 2.24. The molecular weight excluding hydrogens is 258 g/mol. The fourth-order valence-corrected chi connectivity index (χ4v) is 1.67. The SMILES string of the molecule is COC(=O)/C(C)=C/CNCc1ccc(OC)cc1OC. The van der Waals surface area contributed by atoms with Gasteiger partial charge in [0.05, 0.1) is 21.3 Å². The Kier molecular flexibility index (Phi) is 6.59. The van der Waals surface area contributed by atoms with E-state index < -0.39 is 0 Å². The minimum Gasteiger partial charge on any atom is -0.497 e. The highest BCUT2D eigenvalue weighted by atomic mass is 16.5. The predicted molar refractivity (Wildman–Crippen MR) is 77.0 cm³/mol. The third-order valence-corrected chi connectivity index (χ3v) is 2.87. The summed E-state index contributed by atoms with van der Waals surface area (Å²) >= 11 is 0. The molecule has 0 saturated carbocycles. The fourth-order valence-electron chi connectivity index (χ4n) is 1.67. The molecule has 110 valence electrons. The summed E-state index contributed by atoms with van der Waals surface area (Å²) in [5, 5.41) is 3.22. The molecule has 0 heterocycles. The van der Waals surface area contributed by atoms with Crippen molar-refractivity contribution in [1.29, 1.82) is 0 Å². The summed E-state index contributed by atoms with van der Waals surface area (Å²) in [6.45, 7) is 2.94. The second kappa shape index (κ2) is 8.22. The maximum absolute atomic E-state index is 11.2. The van der Waals surface area contributed by atoms with Crippen molar-refractivity contribution in [2.24, 2.45) is 0 Å². The van der Waals surface area contributed by atoms with Crippen molar-refractivity contribution in [3.8, 4) is 11.5 Å². The van der Waals surface area contributed by atoms with Gasteiger partial charge in [-0.15, -0.1) is 0 Å². The Balaban J connectivity index is 2.56. The monoisotopic (exact) mass is 279 g/mol. The molecule has 1 aromatic carbocycles. The average Bonchev–Trinajstić information content (AvgIpc) is 2.50. The summed E-state index contributed by atoms with van der Waals surface area (Å²) in [6, 6.07) is 5.67. The molecule has 5 heteroatoms. The van der Waals surface area contributed by atoms with Gasteiger partial charge < -0.3 is 19.5 Å². The van der Waals surface area contributed by atoms with Crippen LogP contribution in [0.1, 0.15) is 12.5 Å². The first kappa shape index (κ1) is 16.0. The molecule has 0 spiro atoms. The zero-order valence-electron chi connectivity index (χ0n) is 12.4. The van der Waals surface area contributed by atoms with Gasteiger partial charge in [-0.25, -0.2) is 4.79 Å². The zero-order valence-corrected chi connectivity index (χ0v) is 12.4. The third kappa shape index (κ3) is 4.59. The van der Waals surface area contributed by atoms with Crippen LogP contribution in [0.4, 0.5) is 0 Å². The number of ether oxygens (including phenoxy) is 3. The number of benzene rings is 1. The lowest BCUT2D eigenvalue weighted by molar-refractivity contribution is -0.136. The van der Waals surface area contributed by atoms with Crippen molar-refractivity contribution in [2.45, 2.75) is 13.5 Å². The van der Waals surface area contributed by atoms with E-state index in [1.54, 1.807) is 27.2 Å². The Morgan fingerprint density at radius 3 is 2.60 bits per heavy atom. The smallest absolute Gasteiger partial charge is 0.333 e. The largest absolute Gasteiger partial charge is 0.497 e. The molecule has 0 aliphatic heterocycles. The van der Waals surface area contributed by atoms with Crippen LogP contribution in [0.5, 0.6) is 11.5 Å². The van der Waals surface area contributed by atoms with Gasteiger partial charge in [-0.05, 0) is 13.0 Å². The maximum atomic E-state index is 11.2. The van der Waals surface area contributed by atoms with Gasteiger partial charge in [0.15, 0.2) is 0 Å². The molecular formula is C15H21NO4. The van der Waals surface area contributed by atoms with Gasteiger partial charge in [0.25, 0.3) is 0 Å². The van der Waals surface area contributed by atoms with E-state index in [2.05, 4.69) is 10.1 Å². The van der Waals surface area contributed by atoms with Gasteiger partial charge in [-0.1, -0.05) is 12.1 Å². The normalized spacial score (nSPS) is 11.1. The predicted octanol–water partition coefficient (Wildman–Crippen LogP) is 1.91. The van der Waals surface area contributed by atoms with Crippen molar-refractivity contribution >= 4 is 5.97 Å². The van der Waals surface area contributed by atoms with Crippen LogP contribution in [0.3, 0.4) is 0 Å². The number of carbonyl (C=O) groups is 1. The number of hydrogen-bond donors (Lipinski definition) is 1. The number of rotatable bonds is 7. The van der Waals surface area contributed by atoms with E-state index >= 15 is 0 Å². The molecule has 0 atom stereocenters. The quantitative estimate of drug-likeness (QED) is 0.469. The highest BCUT2D eigenvalue weighted by Gasteiger charge is 2.05. The molecule has 0 bridgehead atoms. The summed E-state index contributed by atoms with van der Waals surface area (Å²) in [7, 11) is 4.61. The van der Waals surface area contributed by atoms with Crippen LogP contribution in [0, 0.1) is 0 Å². The van der Waals surface area contributed by atoms with Gasteiger partial charge in [0, 0.05) is 30.3 Å². The van der Waals surface area contributed by atoms with Gasteiger partial charge in [0.1, 0.15) is 11.5 Å². The number of methoxy groups -OCH3 is 3. The summed E-state index contributed by atoms with van der Waals surface area (Å²) in [4.78, 5) is 11.2. The number of nitrogens with one attached hydrogen (secondary N) is 1. The maximum Gasteiger partial charge on any atom is 0.333 e. The Morgan fingerprint density at radius 1 is 1.25 bits per heavy atom. The number of carbonyl (C=O) groups excluding carboxylic acids is 1. The minimum atomic E-state index is -0.311. The lowest BCUT2D eigenvalue weighted by atomic mass is 10.2. The van der Waals surface area contributed by atoms with Crippen molar-refractivity contribution in [3.63, 3.8) is 0 Å². The summed E-state index contributed by atoms with van der Waals surface area (Å²) in [5.74, 6) is 1.21. The summed E-state index contributed by atoms with van der Waals surface area (Å²) < 4.78 is 15.1. The van der Waals surface area contributed by atoms with Crippen molar-refractivity contribution in [3.05, 3.63) is 35.4 Å². The van der Waals surface area contributed by atoms with Gasteiger partial charge >= 0.3 is 5.97 Å². The van der Waals surface area contributed by atoms with Crippen molar-refractivity contribution < 1.29 is 19.0 Å². The molecule has 0 radical (unpaired) electrons. The molecule has 0 unspecified atom stereocenters. The number of hydrogen-bond acceptors (Lipinski definition) is 5. The third-order valence-electron chi connectivity index (χ3n) is 2.87. The number of esters is 1. The van der Waals surface area contributed by atoms with E-state index in [0.717, 1.165) is 17.1 Å². The van der Waals surface area contributed by atoms with Gasteiger partial charge in [0.2, 0.25) is 0 Å². The Bertz CT molecular complexity index is 483. The van der Waals surface area contributed by atoms with Crippen LogP contribution < -0.4 is 14.8 Å². The van der Waals surface area contributed by atoms with Crippen LogP contribution in [0.25, 0.3) is 0 Å². The van der Waals surface area contributed by atoms with Crippen LogP contribution >= 0.6 is 0 Å². The second-order valence-corrected chi connectivity index (χ2v) is 4.19. The lowest BCUT2D eigenvalue weighted by Gasteiger charge is -2.10. The standard InChI is InChI=1S/C15H21NO4/c1-11(15(17)20-4)7-8-16-10-12-5-6-13(18-2)9-14(12)19-3/h5-7,9,16H,8,10H2,1-4H3/b11-7+. The Morgan fingerprint density at radius 2 is 2.00 bits per heavy atom. The molecule has 0 aliphatic carbocycles. The average molecular weight is 279 g/mol. The Hall–Kier alpha value is -2.01. The molecule has 0 saturated heterocycles. The molecule has 0 aliphatic rings. The van der Waals surface area contributed by atoms with Crippen LogP contribution in [0.15, 0.2) is 29.8 Å². The van der Waals surface area contributed by atoms with Crippen LogP contribution in [-0.2, 0) is 16.1 Å². The van der Waals surface area contributed by atoms with E-state index in [1.165, 1.54) is 7.11 Å². The van der Waals surface area contributed by atoms with Gasteiger partial charge in [-0.2, -0.15) is 0 Å². The molecule has 0 fully saturated rings. The summed E-state index contributed by atoms with van der Waals surface area (Å²) in [5.41, 5.74) is 1.61. The molecule has 20 heavy (non-hydrogen) atoms. The lowest BCUT2D eigenvalue weighted by Crippen LogP contribution is -2.15. The molecule has 1 aromatic rings. The van der Waals surface area contributed by atoms with E-state index in [-0.39, 0.29) is 5.97 Å². The zero-order chi connectivity index (χ0) is 15.0. The molecule has 1 rings (SSSR count). The van der Waals surface area contributed by atoms with Crippen molar-refractivity contribution in [2.75, 3.05) is 27.9 Å². The first-order valence-corrected chi connectivity index (χ1v) is 6.29. The Labute approximate surface area is 119 Å². The molecule has 0 aromatic heterocycles. The van der Waals surface area contributed by atoms with Crippen LogP contribution in [-0.4, -0.2) is 33.8 Å².